The minimum absolute atomic E-state index is 0.122. The Morgan fingerprint density at radius 1 is 1.30 bits per heavy atom. The van der Waals surface area contributed by atoms with Crippen LogP contribution in [0, 0.1) is 0 Å². The molecule has 1 unspecified atom stereocenters. The van der Waals surface area contributed by atoms with Gasteiger partial charge in [-0.1, -0.05) is 6.07 Å². The number of nitrogens with one attached hydrogen (secondary N) is 1. The quantitative estimate of drug-likeness (QED) is 0.800. The largest absolute Gasteiger partial charge is 0.467 e. The van der Waals surface area contributed by atoms with E-state index in [-0.39, 0.29) is 18.6 Å². The van der Waals surface area contributed by atoms with Crippen LogP contribution < -0.4 is 5.32 Å². The Morgan fingerprint density at radius 3 is 2.52 bits per heavy atom. The lowest BCUT2D eigenvalue weighted by atomic mass is 10.0. The number of rotatable bonds is 6. The zero-order chi connectivity index (χ0) is 17.5. The molecule has 1 N–H and O–H groups in total. The molecule has 1 atom stereocenters. The van der Waals surface area contributed by atoms with Gasteiger partial charge in [-0.2, -0.15) is 0 Å². The lowest BCUT2D eigenvalue weighted by Gasteiger charge is -2.22. The van der Waals surface area contributed by atoms with Crippen LogP contribution in [0.3, 0.4) is 0 Å². The molecule has 7 nitrogen and oxygen atoms in total. The summed E-state index contributed by atoms with van der Waals surface area (Å²) in [5.41, 5.74) is 0.0307. The van der Waals surface area contributed by atoms with E-state index in [0.29, 0.717) is 0 Å². The number of alkyl carbamates (subject to hydrolysis) is 1. The Bertz CT molecular complexity index is 551. The zero-order valence-electron chi connectivity index (χ0n) is 13.8. The van der Waals surface area contributed by atoms with Crippen LogP contribution in [0.25, 0.3) is 0 Å². The van der Waals surface area contributed by atoms with Crippen LogP contribution in [0.1, 0.15) is 32.8 Å². The molecule has 0 aliphatic rings. The molecular weight excluding hydrogens is 300 g/mol. The van der Waals surface area contributed by atoms with E-state index in [2.05, 4.69) is 15.0 Å². The van der Waals surface area contributed by atoms with Crippen LogP contribution in [-0.2, 0) is 25.5 Å². The molecule has 0 saturated carbocycles. The predicted molar refractivity (Wildman–Crippen MR) is 82.7 cm³/mol. The van der Waals surface area contributed by atoms with Crippen molar-refractivity contribution in [2.45, 2.75) is 45.3 Å². The van der Waals surface area contributed by atoms with Gasteiger partial charge in [-0.15, -0.1) is 0 Å². The molecule has 7 heteroatoms. The Balaban J connectivity index is 2.66. The minimum Gasteiger partial charge on any atom is -0.467 e. The van der Waals surface area contributed by atoms with E-state index in [0.717, 1.165) is 5.56 Å². The van der Waals surface area contributed by atoms with Crippen molar-refractivity contribution in [3.05, 3.63) is 30.1 Å². The van der Waals surface area contributed by atoms with Crippen molar-refractivity contribution < 1.29 is 23.9 Å². The van der Waals surface area contributed by atoms with Gasteiger partial charge in [0.05, 0.1) is 7.11 Å². The molecule has 0 spiro atoms. The van der Waals surface area contributed by atoms with Crippen molar-refractivity contribution in [3.63, 3.8) is 0 Å². The summed E-state index contributed by atoms with van der Waals surface area (Å²) in [4.78, 5) is 39.5. The highest BCUT2D eigenvalue weighted by molar-refractivity contribution is 5.89. The normalized spacial score (nSPS) is 12.2. The summed E-state index contributed by atoms with van der Waals surface area (Å²) >= 11 is 0. The third kappa shape index (κ3) is 7.39. The van der Waals surface area contributed by atoms with Crippen molar-refractivity contribution in [1.29, 1.82) is 0 Å². The van der Waals surface area contributed by atoms with E-state index in [9.17, 15) is 14.4 Å². The highest BCUT2D eigenvalue weighted by Crippen LogP contribution is 2.08. The minimum atomic E-state index is -1.08. The number of amides is 1. The summed E-state index contributed by atoms with van der Waals surface area (Å²) < 4.78 is 9.70. The van der Waals surface area contributed by atoms with Gasteiger partial charge in [-0.25, -0.2) is 9.59 Å². The average Bonchev–Trinajstić information content (AvgIpc) is 2.44. The molecule has 0 saturated heterocycles. The van der Waals surface area contributed by atoms with Gasteiger partial charge in [0, 0.05) is 25.2 Å². The number of carbonyl (C=O) groups excluding carboxylic acids is 3. The first-order chi connectivity index (χ1) is 10.7. The van der Waals surface area contributed by atoms with Crippen LogP contribution in [0.15, 0.2) is 24.5 Å². The third-order valence-electron chi connectivity index (χ3n) is 2.73. The summed E-state index contributed by atoms with van der Waals surface area (Å²) in [6.45, 7) is 5.11. The highest BCUT2D eigenvalue weighted by atomic mass is 16.6. The van der Waals surface area contributed by atoms with Gasteiger partial charge >= 0.3 is 12.1 Å². The molecule has 0 bridgehead atoms. The van der Waals surface area contributed by atoms with E-state index >= 15 is 0 Å². The zero-order valence-corrected chi connectivity index (χ0v) is 13.8. The fourth-order valence-corrected chi connectivity index (χ4v) is 1.82. The number of ketones is 1. The maximum Gasteiger partial charge on any atom is 0.408 e. The van der Waals surface area contributed by atoms with Gasteiger partial charge < -0.3 is 14.8 Å². The van der Waals surface area contributed by atoms with E-state index in [1.807, 2.05) is 0 Å². The van der Waals surface area contributed by atoms with Crippen LogP contribution in [0.5, 0.6) is 0 Å². The number of ether oxygens (including phenoxy) is 2. The first-order valence-corrected chi connectivity index (χ1v) is 7.19. The van der Waals surface area contributed by atoms with E-state index in [1.54, 1.807) is 45.3 Å². The number of pyridine rings is 1. The van der Waals surface area contributed by atoms with Gasteiger partial charge in [-0.3, -0.25) is 9.78 Å². The standard InChI is InChI=1S/C16H22N2O5/c1-16(2,3)23-15(21)18-13(14(20)22-4)9-12(19)8-11-6-5-7-17-10-11/h5-7,10,13H,8-9H2,1-4H3,(H,18,21). The van der Waals surface area contributed by atoms with E-state index in [1.165, 1.54) is 7.11 Å². The van der Waals surface area contributed by atoms with Crippen molar-refractivity contribution >= 4 is 17.8 Å². The number of nitrogens with zero attached hydrogens (tertiary/aromatic N) is 1. The first-order valence-electron chi connectivity index (χ1n) is 7.19. The molecule has 126 valence electrons. The maximum absolute atomic E-state index is 12.1. The molecule has 0 fully saturated rings. The number of esters is 1. The predicted octanol–water partition coefficient (Wildman–Crippen LogP) is 1.65. The van der Waals surface area contributed by atoms with Gasteiger partial charge in [0.2, 0.25) is 0 Å². The first kappa shape index (κ1) is 18.6. The summed E-state index contributed by atoms with van der Waals surface area (Å²) in [7, 11) is 1.19. The number of Topliss-reactive ketones (excluding diaryl/α,β-unsaturated/α-hetero) is 1. The molecule has 1 amide bonds. The van der Waals surface area contributed by atoms with Crippen molar-refractivity contribution in [1.82, 2.24) is 10.3 Å². The second kappa shape index (κ2) is 8.26. The molecule has 0 aliphatic carbocycles. The Morgan fingerprint density at radius 2 is 2.00 bits per heavy atom. The van der Waals surface area contributed by atoms with Gasteiger partial charge in [-0.05, 0) is 32.4 Å². The maximum atomic E-state index is 12.1. The summed E-state index contributed by atoms with van der Waals surface area (Å²) in [6, 6.07) is 2.40. The molecule has 1 aromatic rings. The monoisotopic (exact) mass is 322 g/mol. The molecule has 1 heterocycles. The lowest BCUT2D eigenvalue weighted by molar-refractivity contribution is -0.144. The van der Waals surface area contributed by atoms with E-state index < -0.39 is 23.7 Å². The Hall–Kier alpha value is -2.44. The fraction of sp³-hybridized carbons (Fsp3) is 0.500. The molecule has 0 radical (unpaired) electrons. The number of hydrogen-bond acceptors (Lipinski definition) is 6. The summed E-state index contributed by atoms with van der Waals surface area (Å²) in [5.74, 6) is -0.917. The Kier molecular flexibility index (Phi) is 6.68. The number of aromatic nitrogens is 1. The van der Waals surface area contributed by atoms with Gasteiger partial charge in [0.25, 0.3) is 0 Å². The van der Waals surface area contributed by atoms with Crippen LogP contribution in [0.4, 0.5) is 4.79 Å². The molecule has 0 aliphatic heterocycles. The second-order valence-electron chi connectivity index (χ2n) is 6.00. The average molecular weight is 322 g/mol. The van der Waals surface area contributed by atoms with Crippen molar-refractivity contribution in [3.8, 4) is 0 Å². The van der Waals surface area contributed by atoms with Crippen LogP contribution in [0.2, 0.25) is 0 Å². The topological polar surface area (TPSA) is 94.6 Å². The van der Waals surface area contributed by atoms with E-state index in [4.69, 9.17) is 4.74 Å². The van der Waals surface area contributed by atoms with Crippen LogP contribution in [-0.4, -0.2) is 41.6 Å². The second-order valence-corrected chi connectivity index (χ2v) is 6.00. The molecule has 1 rings (SSSR count). The number of methoxy groups -OCH3 is 1. The molecule has 0 aromatic carbocycles. The fourth-order valence-electron chi connectivity index (χ4n) is 1.82. The molecule has 23 heavy (non-hydrogen) atoms. The Labute approximate surface area is 135 Å². The number of carbonyl (C=O) groups is 3. The smallest absolute Gasteiger partial charge is 0.408 e. The van der Waals surface area contributed by atoms with Crippen molar-refractivity contribution in [2.75, 3.05) is 7.11 Å². The molecule has 1 aromatic heterocycles. The number of hydrogen-bond donors (Lipinski definition) is 1. The highest BCUT2D eigenvalue weighted by Gasteiger charge is 2.27. The van der Waals surface area contributed by atoms with Gasteiger partial charge in [0.15, 0.2) is 0 Å². The van der Waals surface area contributed by atoms with Crippen LogP contribution >= 0.6 is 0 Å². The van der Waals surface area contributed by atoms with Crippen molar-refractivity contribution in [2.24, 2.45) is 0 Å². The summed E-state index contributed by atoms with van der Waals surface area (Å²) in [5, 5.41) is 2.37. The van der Waals surface area contributed by atoms with Gasteiger partial charge in [0.1, 0.15) is 17.4 Å². The third-order valence-corrected chi connectivity index (χ3v) is 2.73. The SMILES string of the molecule is COC(=O)C(CC(=O)Cc1cccnc1)NC(=O)OC(C)(C)C. The molecular formula is C16H22N2O5. The lowest BCUT2D eigenvalue weighted by Crippen LogP contribution is -2.45. The summed E-state index contributed by atoms with van der Waals surface area (Å²) in [6.07, 6.45) is 2.35.